The molecule has 1 saturated heterocycles. The first-order valence-electron chi connectivity index (χ1n) is 9.73. The molecule has 1 atom stereocenters. The van der Waals surface area contributed by atoms with Gasteiger partial charge in [-0.25, -0.2) is 4.79 Å². The predicted molar refractivity (Wildman–Crippen MR) is 108 cm³/mol. The molecule has 0 saturated carbocycles. The van der Waals surface area contributed by atoms with Gasteiger partial charge in [0.15, 0.2) is 0 Å². The molecule has 0 bridgehead atoms. The van der Waals surface area contributed by atoms with Crippen LogP contribution in [0.1, 0.15) is 42.0 Å². The van der Waals surface area contributed by atoms with Gasteiger partial charge in [0.1, 0.15) is 18.4 Å². The Morgan fingerprint density at radius 3 is 2.59 bits per heavy atom. The number of hydrogen-bond acceptors (Lipinski definition) is 4. The van der Waals surface area contributed by atoms with Crippen LogP contribution in [0.4, 0.5) is 5.69 Å². The lowest BCUT2D eigenvalue weighted by Gasteiger charge is -2.30. The van der Waals surface area contributed by atoms with Crippen molar-refractivity contribution >= 4 is 11.7 Å². The minimum Gasteiger partial charge on any atom is -0.488 e. The Bertz CT molecular complexity index is 801. The molecule has 0 aromatic heterocycles. The number of benzene rings is 2. The van der Waals surface area contributed by atoms with Gasteiger partial charge in [0.05, 0.1) is 6.61 Å². The molecule has 1 heterocycles. The van der Waals surface area contributed by atoms with Gasteiger partial charge in [-0.3, -0.25) is 0 Å². The Labute approximate surface area is 162 Å². The summed E-state index contributed by atoms with van der Waals surface area (Å²) < 4.78 is 11.5. The van der Waals surface area contributed by atoms with Crippen LogP contribution >= 0.6 is 0 Å². The van der Waals surface area contributed by atoms with Crippen LogP contribution in [0, 0.1) is 20.8 Å². The van der Waals surface area contributed by atoms with Gasteiger partial charge in [-0.05, 0) is 57.2 Å². The molecule has 0 N–H and O–H groups in total. The van der Waals surface area contributed by atoms with Crippen molar-refractivity contribution in [3.8, 4) is 5.75 Å². The van der Waals surface area contributed by atoms with Crippen LogP contribution in [-0.4, -0.2) is 25.2 Å². The highest BCUT2D eigenvalue weighted by Crippen LogP contribution is 2.39. The molecule has 3 rings (SSSR count). The second-order valence-corrected chi connectivity index (χ2v) is 7.19. The molecule has 2 aromatic rings. The van der Waals surface area contributed by atoms with E-state index in [2.05, 4.69) is 43.9 Å². The average molecular weight is 367 g/mol. The number of nitrogens with zero attached hydrogens (tertiary/aromatic N) is 1. The zero-order valence-electron chi connectivity index (χ0n) is 16.7. The van der Waals surface area contributed by atoms with Gasteiger partial charge >= 0.3 is 5.97 Å². The van der Waals surface area contributed by atoms with Crippen LogP contribution in [0.2, 0.25) is 0 Å². The molecular weight excluding hydrogens is 338 g/mol. The minimum absolute atomic E-state index is 0.124. The van der Waals surface area contributed by atoms with Crippen molar-refractivity contribution < 1.29 is 14.3 Å². The minimum atomic E-state index is -0.202. The summed E-state index contributed by atoms with van der Waals surface area (Å²) in [5.74, 6) is 0.787. The van der Waals surface area contributed by atoms with Crippen LogP contribution in [-0.2, 0) is 16.1 Å². The Kier molecular flexibility index (Phi) is 6.04. The fourth-order valence-corrected chi connectivity index (χ4v) is 4.07. The van der Waals surface area contributed by atoms with Crippen molar-refractivity contribution in [1.82, 2.24) is 0 Å². The number of esters is 1. The molecule has 1 aliphatic rings. The highest BCUT2D eigenvalue weighted by Gasteiger charge is 2.34. The normalized spacial score (nSPS) is 16.4. The quantitative estimate of drug-likeness (QED) is 0.692. The number of anilines is 1. The van der Waals surface area contributed by atoms with Gasteiger partial charge < -0.3 is 14.4 Å². The third-order valence-electron chi connectivity index (χ3n) is 5.19. The summed E-state index contributed by atoms with van der Waals surface area (Å²) in [5, 5.41) is 0. The fraction of sp³-hybridized carbons (Fsp3) is 0.435. The molecule has 0 amide bonds. The highest BCUT2D eigenvalue weighted by atomic mass is 16.5. The number of carbonyl (C=O) groups excluding carboxylic acids is 1. The Morgan fingerprint density at radius 1 is 1.15 bits per heavy atom. The molecule has 0 aliphatic carbocycles. The maximum absolute atomic E-state index is 12.4. The van der Waals surface area contributed by atoms with E-state index in [0.29, 0.717) is 13.2 Å². The van der Waals surface area contributed by atoms with E-state index in [1.165, 1.54) is 5.56 Å². The highest BCUT2D eigenvalue weighted by molar-refractivity contribution is 5.82. The van der Waals surface area contributed by atoms with Gasteiger partial charge in [0.2, 0.25) is 0 Å². The first-order chi connectivity index (χ1) is 13.0. The van der Waals surface area contributed by atoms with E-state index in [1.807, 2.05) is 25.1 Å². The number of hydrogen-bond donors (Lipinski definition) is 0. The first-order valence-corrected chi connectivity index (χ1v) is 9.73. The van der Waals surface area contributed by atoms with Crippen molar-refractivity contribution in [1.29, 1.82) is 0 Å². The van der Waals surface area contributed by atoms with Gasteiger partial charge in [-0.15, -0.1) is 0 Å². The van der Waals surface area contributed by atoms with Crippen LogP contribution in [0.5, 0.6) is 5.75 Å². The number of rotatable bonds is 6. The molecule has 27 heavy (non-hydrogen) atoms. The number of aryl methyl sites for hydroxylation is 2. The van der Waals surface area contributed by atoms with E-state index in [0.717, 1.165) is 47.5 Å². The Hall–Kier alpha value is -2.49. The Morgan fingerprint density at radius 2 is 1.89 bits per heavy atom. The zero-order chi connectivity index (χ0) is 19.4. The Balaban J connectivity index is 1.90. The zero-order valence-corrected chi connectivity index (χ0v) is 16.7. The average Bonchev–Trinajstić information content (AvgIpc) is 3.11. The van der Waals surface area contributed by atoms with Gasteiger partial charge in [-0.1, -0.05) is 36.4 Å². The van der Waals surface area contributed by atoms with Crippen molar-refractivity contribution in [2.24, 2.45) is 0 Å². The van der Waals surface area contributed by atoms with Gasteiger partial charge in [0.25, 0.3) is 0 Å². The summed E-state index contributed by atoms with van der Waals surface area (Å²) in [6.45, 7) is 9.96. The predicted octanol–water partition coefficient (Wildman–Crippen LogP) is 4.72. The molecule has 0 radical (unpaired) electrons. The summed E-state index contributed by atoms with van der Waals surface area (Å²) in [6.07, 6.45) is 1.84. The van der Waals surface area contributed by atoms with Crippen LogP contribution in [0.25, 0.3) is 0 Å². The maximum Gasteiger partial charge on any atom is 0.328 e. The van der Waals surface area contributed by atoms with Crippen molar-refractivity contribution in [2.45, 2.75) is 53.2 Å². The summed E-state index contributed by atoms with van der Waals surface area (Å²) >= 11 is 0. The molecule has 0 unspecified atom stereocenters. The molecule has 4 heteroatoms. The molecule has 1 aliphatic heterocycles. The maximum atomic E-state index is 12.4. The van der Waals surface area contributed by atoms with Gasteiger partial charge in [-0.2, -0.15) is 0 Å². The summed E-state index contributed by atoms with van der Waals surface area (Å²) in [6, 6.07) is 12.1. The largest absolute Gasteiger partial charge is 0.488 e. The fourth-order valence-electron chi connectivity index (χ4n) is 4.07. The standard InChI is InChI=1S/C23H29NO3/c1-5-26-23(25)20-12-9-13-24(20)21-16(2)14-17(3)22(18(21)4)27-15-19-10-7-6-8-11-19/h6-8,10-11,14,20H,5,9,12-13,15H2,1-4H3/t20-/m0/s1. The molecule has 0 spiro atoms. The SMILES string of the molecule is CCOC(=O)[C@@H]1CCCN1c1c(C)cc(C)c(OCc2ccccc2)c1C. The van der Waals surface area contributed by atoms with Crippen LogP contribution in [0.15, 0.2) is 36.4 Å². The van der Waals surface area contributed by atoms with E-state index in [-0.39, 0.29) is 12.0 Å². The molecule has 4 nitrogen and oxygen atoms in total. The van der Waals surface area contributed by atoms with Crippen LogP contribution < -0.4 is 9.64 Å². The third kappa shape index (κ3) is 4.10. The van der Waals surface area contributed by atoms with Gasteiger partial charge in [0, 0.05) is 17.8 Å². The van der Waals surface area contributed by atoms with E-state index in [1.54, 1.807) is 0 Å². The second-order valence-electron chi connectivity index (χ2n) is 7.19. The topological polar surface area (TPSA) is 38.8 Å². The van der Waals surface area contributed by atoms with Crippen LogP contribution in [0.3, 0.4) is 0 Å². The molecule has 144 valence electrons. The number of carbonyl (C=O) groups is 1. The lowest BCUT2D eigenvalue weighted by atomic mass is 10.0. The summed E-state index contributed by atoms with van der Waals surface area (Å²) in [7, 11) is 0. The van der Waals surface area contributed by atoms with E-state index < -0.39 is 0 Å². The van der Waals surface area contributed by atoms with E-state index in [9.17, 15) is 4.79 Å². The molecular formula is C23H29NO3. The third-order valence-corrected chi connectivity index (χ3v) is 5.19. The monoisotopic (exact) mass is 367 g/mol. The smallest absolute Gasteiger partial charge is 0.328 e. The molecule has 1 fully saturated rings. The lowest BCUT2D eigenvalue weighted by molar-refractivity contribution is -0.144. The number of ether oxygens (including phenoxy) is 2. The second kappa shape index (κ2) is 8.47. The van der Waals surface area contributed by atoms with E-state index in [4.69, 9.17) is 9.47 Å². The van der Waals surface area contributed by atoms with Crippen molar-refractivity contribution in [3.63, 3.8) is 0 Å². The van der Waals surface area contributed by atoms with Crippen molar-refractivity contribution in [2.75, 3.05) is 18.1 Å². The first kappa shape index (κ1) is 19.3. The molecule has 2 aromatic carbocycles. The summed E-state index contributed by atoms with van der Waals surface area (Å²) in [5.41, 5.74) is 5.65. The summed E-state index contributed by atoms with van der Waals surface area (Å²) in [4.78, 5) is 14.6. The lowest BCUT2D eigenvalue weighted by Crippen LogP contribution is -2.38. The van der Waals surface area contributed by atoms with Crippen molar-refractivity contribution in [3.05, 3.63) is 58.7 Å². The van der Waals surface area contributed by atoms with E-state index >= 15 is 0 Å².